The van der Waals surface area contributed by atoms with Crippen molar-refractivity contribution in [3.63, 3.8) is 0 Å². The van der Waals surface area contributed by atoms with Gasteiger partial charge in [0.1, 0.15) is 0 Å². The van der Waals surface area contributed by atoms with E-state index in [1.807, 2.05) is 20.8 Å². The van der Waals surface area contributed by atoms with E-state index in [1.54, 1.807) is 12.1 Å². The van der Waals surface area contributed by atoms with Gasteiger partial charge in [-0.15, -0.1) is 0 Å². The van der Waals surface area contributed by atoms with E-state index in [0.717, 1.165) is 11.3 Å². The van der Waals surface area contributed by atoms with Crippen LogP contribution in [0, 0.1) is 10.1 Å². The molecule has 0 aliphatic heterocycles. The van der Waals surface area contributed by atoms with Crippen molar-refractivity contribution < 1.29 is 4.92 Å². The molecule has 0 fully saturated rings. The number of hydrogen-bond acceptors (Lipinski definition) is 3. The Kier molecular flexibility index (Phi) is 3.55. The Morgan fingerprint density at radius 2 is 1.87 bits per heavy atom. The van der Waals surface area contributed by atoms with E-state index < -0.39 is 4.92 Å². The number of aliphatic imine (C=N–C) groups is 1. The predicted octanol–water partition coefficient (Wildman–Crippen LogP) is 3.14. The fraction of sp³-hybridized carbons (Fsp3) is 0.364. The van der Waals surface area contributed by atoms with Gasteiger partial charge >= 0.3 is 0 Å². The normalized spacial score (nSPS) is 11.9. The molecule has 0 saturated carbocycles. The second kappa shape index (κ2) is 4.68. The molecule has 0 aliphatic carbocycles. The first-order valence-electron chi connectivity index (χ1n) is 4.76. The average molecular weight is 206 g/mol. The highest BCUT2D eigenvalue weighted by molar-refractivity contribution is 5.79. The van der Waals surface area contributed by atoms with Crippen LogP contribution in [-0.4, -0.2) is 10.6 Å². The fourth-order valence-corrected chi connectivity index (χ4v) is 1.34. The first-order chi connectivity index (χ1) is 7.00. The van der Waals surface area contributed by atoms with Crippen LogP contribution in [-0.2, 0) is 0 Å². The van der Waals surface area contributed by atoms with Crippen LogP contribution in [0.4, 0.5) is 5.69 Å². The molecule has 15 heavy (non-hydrogen) atoms. The Hall–Kier alpha value is -1.71. The van der Waals surface area contributed by atoms with E-state index in [1.165, 1.54) is 12.1 Å². The van der Waals surface area contributed by atoms with Crippen LogP contribution in [0.2, 0.25) is 0 Å². The standard InChI is InChI=1S/C11H14N2O2/c1-8(2)12-9(3)10-4-6-11(7-5-10)13(14)15/h4-7,9H,1-3H3/t9-/m0/s1. The lowest BCUT2D eigenvalue weighted by atomic mass is 10.1. The highest BCUT2D eigenvalue weighted by Gasteiger charge is 2.07. The van der Waals surface area contributed by atoms with E-state index in [2.05, 4.69) is 4.99 Å². The molecule has 1 aromatic carbocycles. The molecule has 1 rings (SSSR count). The van der Waals surface area contributed by atoms with Crippen molar-refractivity contribution in [2.45, 2.75) is 26.8 Å². The summed E-state index contributed by atoms with van der Waals surface area (Å²) in [6.07, 6.45) is 0. The van der Waals surface area contributed by atoms with Gasteiger partial charge in [-0.05, 0) is 26.3 Å². The summed E-state index contributed by atoms with van der Waals surface area (Å²) >= 11 is 0. The fourth-order valence-electron chi connectivity index (χ4n) is 1.34. The SMILES string of the molecule is CC(C)=N[C@@H](C)c1ccc([N+](=O)[O-])cc1. The molecule has 1 atom stereocenters. The number of hydrogen-bond donors (Lipinski definition) is 0. The molecule has 0 saturated heterocycles. The van der Waals surface area contributed by atoms with Crippen LogP contribution in [0.5, 0.6) is 0 Å². The van der Waals surface area contributed by atoms with Crippen molar-refractivity contribution in [3.05, 3.63) is 39.9 Å². The van der Waals surface area contributed by atoms with Crippen LogP contribution in [0.1, 0.15) is 32.4 Å². The molecule has 0 spiro atoms. The Morgan fingerprint density at radius 1 is 1.33 bits per heavy atom. The molecule has 0 aromatic heterocycles. The van der Waals surface area contributed by atoms with Crippen LogP contribution in [0.3, 0.4) is 0 Å². The lowest BCUT2D eigenvalue weighted by Crippen LogP contribution is -1.94. The molecule has 4 nitrogen and oxygen atoms in total. The summed E-state index contributed by atoms with van der Waals surface area (Å²) in [4.78, 5) is 14.4. The van der Waals surface area contributed by atoms with Crippen LogP contribution < -0.4 is 0 Å². The van der Waals surface area contributed by atoms with Crippen molar-refractivity contribution in [3.8, 4) is 0 Å². The van der Waals surface area contributed by atoms with E-state index in [-0.39, 0.29) is 11.7 Å². The maximum absolute atomic E-state index is 10.4. The number of nitrogens with zero attached hydrogens (tertiary/aromatic N) is 2. The summed E-state index contributed by atoms with van der Waals surface area (Å²) in [5.74, 6) is 0. The molecule has 1 aromatic rings. The number of benzene rings is 1. The Morgan fingerprint density at radius 3 is 2.27 bits per heavy atom. The van der Waals surface area contributed by atoms with E-state index in [4.69, 9.17) is 0 Å². The largest absolute Gasteiger partial charge is 0.287 e. The third kappa shape index (κ3) is 3.16. The molecule has 0 bridgehead atoms. The quantitative estimate of drug-likeness (QED) is 0.433. The molecule has 0 aliphatic rings. The molecule has 80 valence electrons. The van der Waals surface area contributed by atoms with Crippen molar-refractivity contribution in [1.29, 1.82) is 0 Å². The Labute approximate surface area is 88.8 Å². The minimum absolute atomic E-state index is 0.0517. The average Bonchev–Trinajstić information content (AvgIpc) is 2.17. The summed E-state index contributed by atoms with van der Waals surface area (Å²) in [5.41, 5.74) is 2.10. The summed E-state index contributed by atoms with van der Waals surface area (Å²) in [6.45, 7) is 5.83. The second-order valence-electron chi connectivity index (χ2n) is 3.60. The summed E-state index contributed by atoms with van der Waals surface area (Å²) in [5, 5.41) is 10.4. The number of rotatable bonds is 3. The van der Waals surface area contributed by atoms with Crippen molar-refractivity contribution in [2.75, 3.05) is 0 Å². The van der Waals surface area contributed by atoms with Gasteiger partial charge in [-0.2, -0.15) is 0 Å². The molecule has 0 N–H and O–H groups in total. The van der Waals surface area contributed by atoms with E-state index >= 15 is 0 Å². The van der Waals surface area contributed by atoms with Crippen molar-refractivity contribution >= 4 is 11.4 Å². The molecular formula is C11H14N2O2. The summed E-state index contributed by atoms with van der Waals surface area (Å²) < 4.78 is 0. The van der Waals surface area contributed by atoms with Crippen molar-refractivity contribution in [1.82, 2.24) is 0 Å². The van der Waals surface area contributed by atoms with Crippen LogP contribution in [0.15, 0.2) is 29.3 Å². The molecule has 0 unspecified atom stereocenters. The Balaban J connectivity index is 2.89. The van der Waals surface area contributed by atoms with Gasteiger partial charge in [0.25, 0.3) is 5.69 Å². The number of nitro groups is 1. The lowest BCUT2D eigenvalue weighted by molar-refractivity contribution is -0.384. The lowest BCUT2D eigenvalue weighted by Gasteiger charge is -2.06. The zero-order valence-electron chi connectivity index (χ0n) is 9.10. The highest BCUT2D eigenvalue weighted by Crippen LogP contribution is 2.20. The molecule has 0 amide bonds. The third-order valence-electron chi connectivity index (χ3n) is 2.04. The first-order valence-corrected chi connectivity index (χ1v) is 4.76. The van der Waals surface area contributed by atoms with E-state index in [0.29, 0.717) is 0 Å². The van der Waals surface area contributed by atoms with Gasteiger partial charge in [-0.1, -0.05) is 12.1 Å². The molecule has 0 radical (unpaired) electrons. The minimum atomic E-state index is -0.400. The molecular weight excluding hydrogens is 192 g/mol. The molecule has 4 heteroatoms. The topological polar surface area (TPSA) is 55.5 Å². The maximum Gasteiger partial charge on any atom is 0.269 e. The summed E-state index contributed by atoms with van der Waals surface area (Å²) in [6, 6.07) is 6.55. The van der Waals surface area contributed by atoms with Crippen LogP contribution >= 0.6 is 0 Å². The summed E-state index contributed by atoms with van der Waals surface area (Å²) in [7, 11) is 0. The van der Waals surface area contributed by atoms with Gasteiger partial charge < -0.3 is 0 Å². The van der Waals surface area contributed by atoms with Gasteiger partial charge in [-0.3, -0.25) is 15.1 Å². The highest BCUT2D eigenvalue weighted by atomic mass is 16.6. The zero-order valence-corrected chi connectivity index (χ0v) is 9.10. The number of non-ortho nitro benzene ring substituents is 1. The monoisotopic (exact) mass is 206 g/mol. The Bertz CT molecular complexity index is 378. The van der Waals surface area contributed by atoms with Gasteiger partial charge in [0.2, 0.25) is 0 Å². The smallest absolute Gasteiger partial charge is 0.269 e. The van der Waals surface area contributed by atoms with Gasteiger partial charge in [-0.25, -0.2) is 0 Å². The number of nitro benzene ring substituents is 1. The van der Waals surface area contributed by atoms with Crippen molar-refractivity contribution in [2.24, 2.45) is 4.99 Å². The zero-order chi connectivity index (χ0) is 11.4. The van der Waals surface area contributed by atoms with Crippen LogP contribution in [0.25, 0.3) is 0 Å². The molecule has 0 heterocycles. The first kappa shape index (κ1) is 11.4. The van der Waals surface area contributed by atoms with E-state index in [9.17, 15) is 10.1 Å². The third-order valence-corrected chi connectivity index (χ3v) is 2.04. The van der Waals surface area contributed by atoms with Gasteiger partial charge in [0, 0.05) is 17.8 Å². The maximum atomic E-state index is 10.4. The second-order valence-corrected chi connectivity index (χ2v) is 3.60. The van der Waals surface area contributed by atoms with Gasteiger partial charge in [0.15, 0.2) is 0 Å². The van der Waals surface area contributed by atoms with Gasteiger partial charge in [0.05, 0.1) is 11.0 Å². The minimum Gasteiger partial charge on any atom is -0.287 e. The predicted molar refractivity (Wildman–Crippen MR) is 60.3 cm³/mol.